The van der Waals surface area contributed by atoms with E-state index in [0.29, 0.717) is 17.4 Å². The number of hydrazine groups is 1. The molecule has 2 aliphatic heterocycles. The lowest BCUT2D eigenvalue weighted by molar-refractivity contribution is -0.114. The van der Waals surface area contributed by atoms with Gasteiger partial charge < -0.3 is 9.30 Å². The zero-order valence-electron chi connectivity index (χ0n) is 16.5. The van der Waals surface area contributed by atoms with E-state index in [1.165, 1.54) is 0 Å². The Labute approximate surface area is 180 Å². The maximum absolute atomic E-state index is 13.3. The third-order valence-electron chi connectivity index (χ3n) is 6.54. The Morgan fingerprint density at radius 1 is 1.06 bits per heavy atom. The van der Waals surface area contributed by atoms with Crippen LogP contribution in [0, 0.1) is 5.92 Å². The molecule has 0 saturated heterocycles. The number of benzene rings is 2. The Morgan fingerprint density at radius 3 is 2.84 bits per heavy atom. The van der Waals surface area contributed by atoms with E-state index in [1.807, 2.05) is 60.8 Å². The number of anilines is 2. The number of hydrogen-bond acceptors (Lipinski definition) is 5. The summed E-state index contributed by atoms with van der Waals surface area (Å²) in [4.78, 5) is 25.0. The van der Waals surface area contributed by atoms with E-state index in [2.05, 4.69) is 38.5 Å². The van der Waals surface area contributed by atoms with Crippen molar-refractivity contribution >= 4 is 45.4 Å². The molecule has 3 aliphatic rings. The van der Waals surface area contributed by atoms with Gasteiger partial charge in [-0.2, -0.15) is 0 Å². The van der Waals surface area contributed by atoms with E-state index in [1.54, 1.807) is 0 Å². The summed E-state index contributed by atoms with van der Waals surface area (Å²) in [5.74, 6) is 0.687. The fraction of sp³-hybridized carbons (Fsp3) is 0.125. The highest BCUT2D eigenvalue weighted by Crippen LogP contribution is 2.59. The predicted molar refractivity (Wildman–Crippen MR) is 125 cm³/mol. The summed E-state index contributed by atoms with van der Waals surface area (Å²) in [6.07, 6.45) is 7.15. The Morgan fingerprint density at radius 2 is 1.90 bits per heavy atom. The fourth-order valence-electron chi connectivity index (χ4n) is 5.00. The average Bonchev–Trinajstić information content (AvgIpc) is 3.14. The van der Waals surface area contributed by atoms with Gasteiger partial charge in [0.1, 0.15) is 5.71 Å². The van der Waals surface area contributed by atoms with Crippen molar-refractivity contribution in [2.75, 3.05) is 10.3 Å². The number of aliphatic imine (C=N–C) groups is 1. The van der Waals surface area contributed by atoms with E-state index in [4.69, 9.17) is 9.98 Å². The minimum absolute atomic E-state index is 0. The number of carbonyl (C=O) groups excluding carboxylic acids is 1. The van der Waals surface area contributed by atoms with E-state index in [0.717, 1.165) is 34.3 Å². The van der Waals surface area contributed by atoms with Crippen LogP contribution in [0.1, 0.15) is 9.27 Å². The van der Waals surface area contributed by atoms with E-state index < -0.39 is 0 Å². The first-order chi connectivity index (χ1) is 15.3. The highest BCUT2D eigenvalue weighted by molar-refractivity contribution is 6.45. The van der Waals surface area contributed by atoms with Crippen molar-refractivity contribution in [2.24, 2.45) is 10.9 Å². The molecule has 2 aromatic heterocycles. The molecule has 4 aromatic rings. The van der Waals surface area contributed by atoms with Gasteiger partial charge in [-0.1, -0.05) is 30.3 Å². The molecule has 1 aliphatic carbocycles. The molecule has 1 amide bonds. The molecule has 0 bridgehead atoms. The molecule has 1 fully saturated rings. The maximum Gasteiger partial charge on any atom is 0.286 e. The van der Waals surface area contributed by atoms with Crippen molar-refractivity contribution in [3.63, 3.8) is 0 Å². The minimum Gasteiger partial charge on any atom is -0.334 e. The van der Waals surface area contributed by atoms with Crippen LogP contribution in [0.2, 0.25) is 0 Å². The van der Waals surface area contributed by atoms with Crippen molar-refractivity contribution in [3.05, 3.63) is 79.1 Å². The number of aromatic nitrogens is 2. The van der Waals surface area contributed by atoms with Gasteiger partial charge in [0.2, 0.25) is 0 Å². The second-order valence-corrected chi connectivity index (χ2v) is 8.19. The standard InChI is InChI=1S/C24H18N6O.2H2/c31-23(21-24-14-15(24)11-13-30(24)19-9-4-2-7-17(19)25-21)28-27-22-20-10-5-12-29(20)18-8-3-1-6-16(18)26-22;;/h1-13,15H,14H2,(H,26,27)(H,28,31);2*1H. The van der Waals surface area contributed by atoms with Gasteiger partial charge >= 0.3 is 0 Å². The molecular weight excluding hydrogens is 388 g/mol. The average molecular weight is 410 g/mol. The normalized spacial score (nSPS) is 22.6. The Balaban J connectivity index is 0.00000114. The highest BCUT2D eigenvalue weighted by atomic mass is 16.2. The zero-order valence-corrected chi connectivity index (χ0v) is 16.5. The molecule has 31 heavy (non-hydrogen) atoms. The van der Waals surface area contributed by atoms with E-state index >= 15 is 0 Å². The van der Waals surface area contributed by atoms with Crippen molar-refractivity contribution < 1.29 is 7.65 Å². The summed E-state index contributed by atoms with van der Waals surface area (Å²) in [7, 11) is 0. The smallest absolute Gasteiger partial charge is 0.286 e. The number of para-hydroxylation sites is 4. The molecular formula is C24H22N6O. The van der Waals surface area contributed by atoms with Crippen LogP contribution in [-0.2, 0) is 4.79 Å². The van der Waals surface area contributed by atoms with Crippen LogP contribution >= 0.6 is 0 Å². The van der Waals surface area contributed by atoms with Crippen LogP contribution < -0.4 is 15.8 Å². The number of carbonyl (C=O) groups is 1. The third kappa shape index (κ3) is 2.15. The van der Waals surface area contributed by atoms with Crippen LogP contribution in [0.5, 0.6) is 0 Å². The maximum atomic E-state index is 13.3. The first-order valence-corrected chi connectivity index (χ1v) is 10.3. The minimum atomic E-state index is -0.360. The van der Waals surface area contributed by atoms with Gasteiger partial charge in [0.15, 0.2) is 5.82 Å². The second-order valence-electron chi connectivity index (χ2n) is 8.19. The lowest BCUT2D eigenvalue weighted by Gasteiger charge is -2.34. The SMILES string of the molecule is O=C(NNc1nc2ccccc2n2cccc12)C1=Nc2ccccc2N2C=CC3CC132.[HH].[HH]. The first kappa shape index (κ1) is 16.6. The first-order valence-electron chi connectivity index (χ1n) is 10.3. The molecule has 7 heteroatoms. The topological polar surface area (TPSA) is 74.0 Å². The second kappa shape index (κ2) is 5.72. The molecule has 2 aromatic carbocycles. The number of nitrogens with zero attached hydrogens (tertiary/aromatic N) is 4. The third-order valence-corrected chi connectivity index (χ3v) is 6.54. The molecule has 2 unspecified atom stereocenters. The van der Waals surface area contributed by atoms with Crippen LogP contribution in [0.25, 0.3) is 16.6 Å². The van der Waals surface area contributed by atoms with Gasteiger partial charge in [-0.05, 0) is 42.8 Å². The number of hydrogen-bond donors (Lipinski definition) is 2. The van der Waals surface area contributed by atoms with Crippen molar-refractivity contribution in [1.82, 2.24) is 14.8 Å². The summed E-state index contributed by atoms with van der Waals surface area (Å²) in [5.41, 5.74) is 10.7. The molecule has 1 saturated carbocycles. The quantitative estimate of drug-likeness (QED) is 0.494. The van der Waals surface area contributed by atoms with E-state index in [-0.39, 0.29) is 14.3 Å². The Bertz CT molecular complexity index is 1480. The summed E-state index contributed by atoms with van der Waals surface area (Å²) >= 11 is 0. The molecule has 154 valence electrons. The lowest BCUT2D eigenvalue weighted by atomic mass is 10.0. The van der Waals surface area contributed by atoms with E-state index in [9.17, 15) is 4.79 Å². The monoisotopic (exact) mass is 410 g/mol. The van der Waals surface area contributed by atoms with Crippen LogP contribution in [0.15, 0.2) is 84.1 Å². The largest absolute Gasteiger partial charge is 0.334 e. The van der Waals surface area contributed by atoms with Gasteiger partial charge in [0, 0.05) is 21.2 Å². The van der Waals surface area contributed by atoms with Crippen LogP contribution in [0.4, 0.5) is 17.2 Å². The summed E-state index contributed by atoms with van der Waals surface area (Å²) in [6.45, 7) is 0. The number of nitrogens with one attached hydrogen (secondary N) is 2. The van der Waals surface area contributed by atoms with Crippen LogP contribution in [0.3, 0.4) is 0 Å². The van der Waals surface area contributed by atoms with Gasteiger partial charge in [0.25, 0.3) is 5.91 Å². The van der Waals surface area contributed by atoms with Gasteiger partial charge in [0.05, 0.1) is 33.5 Å². The molecule has 4 heterocycles. The highest BCUT2D eigenvalue weighted by Gasteiger charge is 2.66. The zero-order chi connectivity index (χ0) is 20.6. The van der Waals surface area contributed by atoms with Gasteiger partial charge in [-0.15, -0.1) is 0 Å². The van der Waals surface area contributed by atoms with Gasteiger partial charge in [-0.25, -0.2) is 9.98 Å². The van der Waals surface area contributed by atoms with Gasteiger partial charge in [-0.3, -0.25) is 15.6 Å². The summed E-state index contributed by atoms with van der Waals surface area (Å²) in [5, 5.41) is 0. The lowest BCUT2D eigenvalue weighted by Crippen LogP contribution is -2.50. The predicted octanol–water partition coefficient (Wildman–Crippen LogP) is 4.30. The Kier molecular flexibility index (Phi) is 3.07. The molecule has 2 N–H and O–H groups in total. The van der Waals surface area contributed by atoms with Crippen molar-refractivity contribution in [2.45, 2.75) is 12.0 Å². The van der Waals surface area contributed by atoms with Crippen molar-refractivity contribution in [3.8, 4) is 0 Å². The van der Waals surface area contributed by atoms with Crippen LogP contribution in [-0.4, -0.2) is 26.5 Å². The fourth-order valence-corrected chi connectivity index (χ4v) is 5.00. The Hall–Kier alpha value is -4.13. The molecule has 1 spiro atoms. The molecule has 7 rings (SSSR count). The van der Waals surface area contributed by atoms with Crippen molar-refractivity contribution in [1.29, 1.82) is 0 Å². The summed E-state index contributed by atoms with van der Waals surface area (Å²) in [6, 6.07) is 19.8. The summed E-state index contributed by atoms with van der Waals surface area (Å²) < 4.78 is 2.06. The molecule has 2 atom stereocenters. The number of rotatable bonds is 3. The number of fused-ring (bicyclic) bond motifs is 5. The molecule has 7 nitrogen and oxygen atoms in total. The molecule has 0 radical (unpaired) electrons. The number of amides is 1.